The molecule has 28 heavy (non-hydrogen) atoms. The molecule has 0 spiro atoms. The molecule has 2 aliphatic rings. The number of nitrogens with zero attached hydrogens (tertiary/aromatic N) is 2. The van der Waals surface area contributed by atoms with E-state index in [-0.39, 0.29) is 22.7 Å². The molecule has 2 saturated carbocycles. The van der Waals surface area contributed by atoms with Gasteiger partial charge in [-0.05, 0) is 49.4 Å². The maximum atomic E-state index is 12.9. The van der Waals surface area contributed by atoms with E-state index in [2.05, 4.69) is 6.92 Å². The van der Waals surface area contributed by atoms with Crippen LogP contribution < -0.4 is 0 Å². The third kappa shape index (κ3) is 4.15. The highest BCUT2D eigenvalue weighted by molar-refractivity contribution is 7.91. The molecule has 2 aromatic rings. The minimum Gasteiger partial charge on any atom is -0.464 e. The number of sulfonamides is 1. The SMILES string of the molecule is CC1CC1c1ccc(CN(C(=O)CN(C)S(=O)(=O)c2ccc(Cl)s2)C2CC2)o1. The molecule has 152 valence electrons. The highest BCUT2D eigenvalue weighted by Crippen LogP contribution is 2.47. The topological polar surface area (TPSA) is 70.8 Å². The van der Waals surface area contributed by atoms with Crippen molar-refractivity contribution in [1.82, 2.24) is 9.21 Å². The predicted octanol–water partition coefficient (Wildman–Crippen LogP) is 3.93. The second-order valence-electron chi connectivity index (χ2n) is 7.70. The minimum atomic E-state index is -3.73. The average molecular weight is 443 g/mol. The van der Waals surface area contributed by atoms with Gasteiger partial charge in [-0.3, -0.25) is 4.79 Å². The Morgan fingerprint density at radius 3 is 2.57 bits per heavy atom. The van der Waals surface area contributed by atoms with Crippen molar-refractivity contribution in [2.24, 2.45) is 5.92 Å². The maximum Gasteiger partial charge on any atom is 0.252 e. The fraction of sp³-hybridized carbons (Fsp3) is 0.526. The van der Waals surface area contributed by atoms with E-state index >= 15 is 0 Å². The normalized spacial score (nSPS) is 21.9. The molecule has 2 heterocycles. The quantitative estimate of drug-likeness (QED) is 0.621. The first-order chi connectivity index (χ1) is 13.3. The lowest BCUT2D eigenvalue weighted by molar-refractivity contribution is -0.132. The highest BCUT2D eigenvalue weighted by atomic mass is 35.5. The number of amides is 1. The Balaban J connectivity index is 1.43. The summed E-state index contributed by atoms with van der Waals surface area (Å²) in [5, 5.41) is 0. The number of carbonyl (C=O) groups is 1. The highest BCUT2D eigenvalue weighted by Gasteiger charge is 2.38. The van der Waals surface area contributed by atoms with Gasteiger partial charge in [0.15, 0.2) is 0 Å². The molecule has 0 radical (unpaired) electrons. The van der Waals surface area contributed by atoms with Gasteiger partial charge in [-0.15, -0.1) is 11.3 Å². The predicted molar refractivity (Wildman–Crippen MR) is 108 cm³/mol. The molecule has 2 fully saturated rings. The second kappa shape index (κ2) is 7.48. The summed E-state index contributed by atoms with van der Waals surface area (Å²) in [6.45, 7) is 2.37. The molecule has 0 saturated heterocycles. The van der Waals surface area contributed by atoms with Gasteiger partial charge >= 0.3 is 0 Å². The van der Waals surface area contributed by atoms with E-state index in [0.29, 0.717) is 22.7 Å². The van der Waals surface area contributed by atoms with Crippen LogP contribution in [0, 0.1) is 5.92 Å². The van der Waals surface area contributed by atoms with Gasteiger partial charge in [-0.2, -0.15) is 4.31 Å². The molecular weight excluding hydrogens is 420 g/mol. The third-order valence-corrected chi connectivity index (χ3v) is 8.86. The van der Waals surface area contributed by atoms with E-state index < -0.39 is 10.0 Å². The number of carbonyl (C=O) groups excluding carboxylic acids is 1. The molecule has 0 aliphatic heterocycles. The summed E-state index contributed by atoms with van der Waals surface area (Å²) in [4.78, 5) is 14.6. The zero-order chi connectivity index (χ0) is 20.1. The van der Waals surface area contributed by atoms with Crippen molar-refractivity contribution in [3.8, 4) is 0 Å². The van der Waals surface area contributed by atoms with E-state index in [9.17, 15) is 13.2 Å². The fourth-order valence-corrected chi connectivity index (χ4v) is 6.14. The average Bonchev–Trinajstić information content (AvgIpc) is 3.51. The third-order valence-electron chi connectivity index (χ3n) is 5.36. The summed E-state index contributed by atoms with van der Waals surface area (Å²) in [6.07, 6.45) is 3.03. The van der Waals surface area contributed by atoms with Gasteiger partial charge in [0.25, 0.3) is 10.0 Å². The summed E-state index contributed by atoms with van der Waals surface area (Å²) in [5.41, 5.74) is 0. The Labute approximate surface area is 174 Å². The van der Waals surface area contributed by atoms with E-state index in [1.54, 1.807) is 11.0 Å². The molecule has 9 heteroatoms. The van der Waals surface area contributed by atoms with Gasteiger partial charge in [-0.25, -0.2) is 8.42 Å². The Hall–Kier alpha value is -1.35. The van der Waals surface area contributed by atoms with Crippen LogP contribution in [0.1, 0.15) is 43.6 Å². The zero-order valence-electron chi connectivity index (χ0n) is 15.8. The van der Waals surface area contributed by atoms with Gasteiger partial charge in [0, 0.05) is 19.0 Å². The van der Waals surface area contributed by atoms with Crippen LogP contribution in [0.15, 0.2) is 32.9 Å². The Kier molecular flexibility index (Phi) is 5.33. The van der Waals surface area contributed by atoms with E-state index in [1.807, 2.05) is 12.1 Å². The summed E-state index contributed by atoms with van der Waals surface area (Å²) < 4.78 is 32.9. The monoisotopic (exact) mass is 442 g/mol. The first-order valence-electron chi connectivity index (χ1n) is 9.35. The van der Waals surface area contributed by atoms with Crippen LogP contribution in [0.2, 0.25) is 4.34 Å². The lowest BCUT2D eigenvalue weighted by atomic mass is 10.3. The molecular formula is C19H23ClN2O4S2. The van der Waals surface area contributed by atoms with E-state index in [1.165, 1.54) is 13.1 Å². The summed E-state index contributed by atoms with van der Waals surface area (Å²) in [5.74, 6) is 2.68. The maximum absolute atomic E-state index is 12.9. The first kappa shape index (κ1) is 19.9. The summed E-state index contributed by atoms with van der Waals surface area (Å²) in [7, 11) is -2.31. The van der Waals surface area contributed by atoms with Gasteiger partial charge in [0.1, 0.15) is 15.7 Å². The second-order valence-corrected chi connectivity index (χ2v) is 11.7. The number of furan rings is 1. The largest absolute Gasteiger partial charge is 0.464 e. The minimum absolute atomic E-state index is 0.139. The van der Waals surface area contributed by atoms with Crippen molar-refractivity contribution >= 4 is 38.9 Å². The van der Waals surface area contributed by atoms with Gasteiger partial charge in [0.2, 0.25) is 5.91 Å². The Morgan fingerprint density at radius 2 is 2.00 bits per heavy atom. The molecule has 6 nitrogen and oxygen atoms in total. The van der Waals surface area contributed by atoms with Crippen molar-refractivity contribution < 1.29 is 17.6 Å². The van der Waals surface area contributed by atoms with E-state index in [4.69, 9.17) is 16.0 Å². The van der Waals surface area contributed by atoms with Crippen LogP contribution in [-0.4, -0.2) is 43.2 Å². The number of rotatable bonds is 8. The lowest BCUT2D eigenvalue weighted by Crippen LogP contribution is -2.41. The van der Waals surface area contributed by atoms with Crippen LogP contribution >= 0.6 is 22.9 Å². The van der Waals surface area contributed by atoms with Crippen LogP contribution in [0.4, 0.5) is 0 Å². The molecule has 4 rings (SSSR count). The molecule has 0 N–H and O–H groups in total. The smallest absolute Gasteiger partial charge is 0.252 e. The fourth-order valence-electron chi connectivity index (χ4n) is 3.33. The first-order valence-corrected chi connectivity index (χ1v) is 12.0. The van der Waals surface area contributed by atoms with Gasteiger partial charge < -0.3 is 9.32 Å². The number of thiophene rings is 1. The molecule has 2 aliphatic carbocycles. The summed E-state index contributed by atoms with van der Waals surface area (Å²) >= 11 is 6.84. The molecule has 1 amide bonds. The molecule has 2 atom stereocenters. The number of hydrogen-bond acceptors (Lipinski definition) is 5. The lowest BCUT2D eigenvalue weighted by Gasteiger charge is -2.24. The standard InChI is InChI=1S/C19H23ClN2O4S2/c1-12-9-15(12)16-6-5-14(26-16)10-22(13-3-4-13)18(23)11-21(2)28(24,25)19-8-7-17(20)27-19/h5-8,12-13,15H,3-4,9-11H2,1-2H3. The number of hydrogen-bond donors (Lipinski definition) is 0. The number of halogens is 1. The van der Waals surface area contributed by atoms with Crippen molar-refractivity contribution in [3.05, 3.63) is 40.1 Å². The van der Waals surface area contributed by atoms with Gasteiger partial charge in [-0.1, -0.05) is 18.5 Å². The van der Waals surface area contributed by atoms with E-state index in [0.717, 1.165) is 46.4 Å². The molecule has 2 aromatic heterocycles. The van der Waals surface area contributed by atoms with Crippen LogP contribution in [0.5, 0.6) is 0 Å². The number of likely N-dealkylation sites (N-methyl/N-ethyl adjacent to an activating group) is 1. The van der Waals surface area contributed by atoms with Crippen LogP contribution in [-0.2, 0) is 21.4 Å². The van der Waals surface area contributed by atoms with Crippen molar-refractivity contribution in [2.45, 2.75) is 48.9 Å². The summed E-state index contributed by atoms with van der Waals surface area (Å²) in [6, 6.07) is 7.09. The van der Waals surface area contributed by atoms with Gasteiger partial charge in [0.05, 0.1) is 17.4 Å². The van der Waals surface area contributed by atoms with Crippen molar-refractivity contribution in [2.75, 3.05) is 13.6 Å². The Bertz CT molecular complexity index is 980. The molecule has 0 bridgehead atoms. The molecule has 0 aromatic carbocycles. The van der Waals surface area contributed by atoms with Crippen LogP contribution in [0.3, 0.4) is 0 Å². The zero-order valence-corrected chi connectivity index (χ0v) is 18.2. The van der Waals surface area contributed by atoms with Crippen molar-refractivity contribution in [1.29, 1.82) is 0 Å². The molecule has 2 unspecified atom stereocenters. The van der Waals surface area contributed by atoms with Crippen molar-refractivity contribution in [3.63, 3.8) is 0 Å². The Morgan fingerprint density at radius 1 is 1.29 bits per heavy atom. The van der Waals surface area contributed by atoms with Crippen LogP contribution in [0.25, 0.3) is 0 Å².